The first-order valence-corrected chi connectivity index (χ1v) is 13.9. The zero-order valence-corrected chi connectivity index (χ0v) is 23.8. The van der Waals surface area contributed by atoms with Crippen LogP contribution in [0, 0.1) is 0 Å². The zero-order valence-electron chi connectivity index (χ0n) is 22.2. The third-order valence-electron chi connectivity index (χ3n) is 6.42. The Labute approximate surface area is 240 Å². The van der Waals surface area contributed by atoms with Crippen molar-refractivity contribution in [1.29, 1.82) is 0 Å². The van der Waals surface area contributed by atoms with Crippen LogP contribution in [-0.4, -0.2) is 24.3 Å². The second kappa shape index (κ2) is 11.9. The topological polar surface area (TPSA) is 79.1 Å². The minimum Gasteiger partial charge on any atom is -0.496 e. The van der Waals surface area contributed by atoms with Crippen LogP contribution in [0.1, 0.15) is 36.6 Å². The molecular weight excluding hydrogens is 548 g/mol. The Morgan fingerprint density at radius 2 is 1.90 bits per heavy atom. The van der Waals surface area contributed by atoms with Crippen molar-refractivity contribution in [3.8, 4) is 11.5 Å². The molecule has 0 bridgehead atoms. The van der Waals surface area contributed by atoms with Gasteiger partial charge in [0.15, 0.2) is 4.80 Å². The van der Waals surface area contributed by atoms with Crippen LogP contribution in [0.3, 0.4) is 0 Å². The molecule has 40 heavy (non-hydrogen) atoms. The number of hydrogen-bond acceptors (Lipinski definition) is 7. The fraction of sp³-hybridized carbons (Fsp3) is 0.194. The van der Waals surface area contributed by atoms with Crippen molar-refractivity contribution in [2.45, 2.75) is 26.5 Å². The van der Waals surface area contributed by atoms with E-state index in [2.05, 4.69) is 4.99 Å². The molecule has 9 heteroatoms. The molecule has 0 unspecified atom stereocenters. The van der Waals surface area contributed by atoms with Crippen LogP contribution >= 0.6 is 22.9 Å². The lowest BCUT2D eigenvalue weighted by molar-refractivity contribution is -0.139. The molecule has 1 atom stereocenters. The quantitative estimate of drug-likeness (QED) is 0.276. The minimum atomic E-state index is -0.642. The summed E-state index contributed by atoms with van der Waals surface area (Å²) in [5.74, 6) is 0.827. The van der Waals surface area contributed by atoms with Gasteiger partial charge in [-0.1, -0.05) is 65.4 Å². The molecule has 0 fully saturated rings. The highest BCUT2D eigenvalue weighted by Gasteiger charge is 2.33. The number of fused-ring (bicyclic) bond motifs is 1. The summed E-state index contributed by atoms with van der Waals surface area (Å²) in [6, 6.07) is 21.6. The fourth-order valence-corrected chi connectivity index (χ4v) is 5.84. The Balaban J connectivity index is 1.57. The van der Waals surface area contributed by atoms with Crippen molar-refractivity contribution in [2.24, 2.45) is 4.99 Å². The lowest BCUT2D eigenvalue weighted by Crippen LogP contribution is -2.39. The molecule has 5 rings (SSSR count). The predicted octanol–water partition coefficient (Wildman–Crippen LogP) is 5.04. The lowest BCUT2D eigenvalue weighted by atomic mass is 9.96. The van der Waals surface area contributed by atoms with Gasteiger partial charge in [-0.3, -0.25) is 9.36 Å². The molecule has 204 valence electrons. The van der Waals surface area contributed by atoms with E-state index in [0.717, 1.165) is 16.7 Å². The second-order valence-corrected chi connectivity index (χ2v) is 10.5. The number of rotatable bonds is 8. The van der Waals surface area contributed by atoms with E-state index in [0.29, 0.717) is 37.1 Å². The predicted molar refractivity (Wildman–Crippen MR) is 156 cm³/mol. The smallest absolute Gasteiger partial charge is 0.338 e. The maximum atomic E-state index is 13.8. The number of esters is 1. The van der Waals surface area contributed by atoms with Crippen molar-refractivity contribution >= 4 is 35.0 Å². The summed E-state index contributed by atoms with van der Waals surface area (Å²) in [5.41, 5.74) is 3.07. The van der Waals surface area contributed by atoms with Gasteiger partial charge in [0.1, 0.15) is 18.1 Å². The number of aromatic nitrogens is 1. The SMILES string of the molecule is CCOC(=O)C1=C(C)N=c2sc(=Cc3ccc(OC)c(COc4cccc(Cl)c4)c3)c(=O)n2[C@H]1c1ccccc1. The summed E-state index contributed by atoms with van der Waals surface area (Å²) in [5, 5.41) is 0.587. The molecule has 0 saturated heterocycles. The van der Waals surface area contributed by atoms with E-state index in [9.17, 15) is 9.59 Å². The van der Waals surface area contributed by atoms with Gasteiger partial charge < -0.3 is 14.2 Å². The van der Waals surface area contributed by atoms with E-state index in [1.165, 1.54) is 11.3 Å². The molecule has 7 nitrogen and oxygen atoms in total. The molecule has 0 aliphatic carbocycles. The summed E-state index contributed by atoms with van der Waals surface area (Å²) >= 11 is 7.36. The Kier molecular flexibility index (Phi) is 8.19. The minimum absolute atomic E-state index is 0.225. The highest BCUT2D eigenvalue weighted by atomic mass is 35.5. The Morgan fingerprint density at radius 1 is 1.10 bits per heavy atom. The van der Waals surface area contributed by atoms with Crippen molar-refractivity contribution in [2.75, 3.05) is 13.7 Å². The molecule has 0 radical (unpaired) electrons. The van der Waals surface area contributed by atoms with Gasteiger partial charge in [0.25, 0.3) is 5.56 Å². The molecule has 0 N–H and O–H groups in total. The molecule has 0 amide bonds. The third kappa shape index (κ3) is 5.59. The number of nitrogens with zero attached hydrogens (tertiary/aromatic N) is 2. The maximum absolute atomic E-state index is 13.8. The van der Waals surface area contributed by atoms with Crippen molar-refractivity contribution in [3.63, 3.8) is 0 Å². The number of carbonyl (C=O) groups excluding carboxylic acids is 1. The summed E-state index contributed by atoms with van der Waals surface area (Å²) in [6.07, 6.45) is 1.82. The maximum Gasteiger partial charge on any atom is 0.338 e. The summed E-state index contributed by atoms with van der Waals surface area (Å²) in [6.45, 7) is 4.00. The highest BCUT2D eigenvalue weighted by Crippen LogP contribution is 2.30. The molecule has 0 spiro atoms. The molecule has 1 aromatic heterocycles. The van der Waals surface area contributed by atoms with Crippen molar-refractivity contribution in [3.05, 3.63) is 125 Å². The molecular formula is C31H27ClN2O5S. The van der Waals surface area contributed by atoms with Gasteiger partial charge in [-0.15, -0.1) is 0 Å². The average molecular weight is 575 g/mol. The van der Waals surface area contributed by atoms with Crippen LogP contribution in [0.4, 0.5) is 0 Å². The van der Waals surface area contributed by atoms with Crippen molar-refractivity contribution < 1.29 is 19.0 Å². The number of thiazole rings is 1. The van der Waals surface area contributed by atoms with Crippen LogP contribution in [0.15, 0.2) is 93.9 Å². The lowest BCUT2D eigenvalue weighted by Gasteiger charge is -2.24. The third-order valence-corrected chi connectivity index (χ3v) is 7.64. The molecule has 3 aromatic carbocycles. The van der Waals surface area contributed by atoms with Gasteiger partial charge in [-0.2, -0.15) is 0 Å². The summed E-state index contributed by atoms with van der Waals surface area (Å²) in [4.78, 5) is 32.0. The van der Waals surface area contributed by atoms with Crippen LogP contribution in [-0.2, 0) is 16.1 Å². The van der Waals surface area contributed by atoms with E-state index >= 15 is 0 Å². The van der Waals surface area contributed by atoms with Crippen LogP contribution < -0.4 is 24.4 Å². The normalized spacial score (nSPS) is 14.9. The number of methoxy groups -OCH3 is 1. The highest BCUT2D eigenvalue weighted by molar-refractivity contribution is 7.07. The first-order valence-electron chi connectivity index (χ1n) is 12.7. The van der Waals surface area contributed by atoms with E-state index in [4.69, 9.17) is 25.8 Å². The monoisotopic (exact) mass is 574 g/mol. The van der Waals surface area contributed by atoms with Gasteiger partial charge >= 0.3 is 5.97 Å². The van der Waals surface area contributed by atoms with Gasteiger partial charge in [-0.25, -0.2) is 9.79 Å². The van der Waals surface area contributed by atoms with Gasteiger partial charge in [0.05, 0.1) is 35.6 Å². The standard InChI is InChI=1S/C31H27ClN2O5S/c1-4-38-30(36)27-19(2)33-31-34(28(27)21-9-6-5-7-10-21)29(35)26(40-31)16-20-13-14-25(37-3)22(15-20)18-39-24-12-8-11-23(32)17-24/h5-17,28H,4,18H2,1-3H3/t28-/m0/s1. The second-order valence-electron chi connectivity index (χ2n) is 9.03. The van der Waals surface area contributed by atoms with E-state index < -0.39 is 12.0 Å². The van der Waals surface area contributed by atoms with Gasteiger partial charge in [0, 0.05) is 10.6 Å². The number of ether oxygens (including phenoxy) is 3. The molecule has 4 aromatic rings. The number of allylic oxidation sites excluding steroid dienone is 1. The molecule has 1 aliphatic rings. The Hall–Kier alpha value is -4.14. The van der Waals surface area contributed by atoms with Crippen LogP contribution in [0.5, 0.6) is 11.5 Å². The Morgan fingerprint density at radius 3 is 2.62 bits per heavy atom. The van der Waals surface area contributed by atoms with E-state index in [1.807, 2.05) is 66.7 Å². The number of carbonyl (C=O) groups is 1. The van der Waals surface area contributed by atoms with Crippen molar-refractivity contribution in [1.82, 2.24) is 4.57 Å². The molecule has 0 saturated carbocycles. The van der Waals surface area contributed by atoms with Crippen LogP contribution in [0.25, 0.3) is 6.08 Å². The van der Waals surface area contributed by atoms with Gasteiger partial charge in [0.2, 0.25) is 0 Å². The average Bonchev–Trinajstić information content (AvgIpc) is 3.25. The Bertz CT molecular complexity index is 1780. The van der Waals surface area contributed by atoms with E-state index in [-0.39, 0.29) is 18.8 Å². The number of benzene rings is 3. The first-order chi connectivity index (χ1) is 19.4. The number of hydrogen-bond donors (Lipinski definition) is 0. The fourth-order valence-electron chi connectivity index (χ4n) is 4.61. The molecule has 1 aliphatic heterocycles. The van der Waals surface area contributed by atoms with E-state index in [1.54, 1.807) is 37.7 Å². The largest absolute Gasteiger partial charge is 0.496 e. The van der Waals surface area contributed by atoms with Gasteiger partial charge in [-0.05, 0) is 61.4 Å². The molecule has 2 heterocycles. The van der Waals surface area contributed by atoms with Crippen LogP contribution in [0.2, 0.25) is 5.02 Å². The zero-order chi connectivity index (χ0) is 28.2. The first kappa shape index (κ1) is 27.4. The summed E-state index contributed by atoms with van der Waals surface area (Å²) in [7, 11) is 1.60. The summed E-state index contributed by atoms with van der Waals surface area (Å²) < 4.78 is 18.9. The number of halogens is 1.